The Morgan fingerprint density at radius 3 is 2.71 bits per heavy atom. The highest BCUT2D eigenvalue weighted by atomic mass is 16.6. The van der Waals surface area contributed by atoms with Crippen molar-refractivity contribution in [1.82, 2.24) is 10.2 Å². The highest BCUT2D eigenvalue weighted by Crippen LogP contribution is 2.37. The quantitative estimate of drug-likeness (QED) is 0.747. The van der Waals surface area contributed by atoms with Gasteiger partial charge in [-0.05, 0) is 68.1 Å². The third-order valence-corrected chi connectivity index (χ3v) is 5.99. The summed E-state index contributed by atoms with van der Waals surface area (Å²) in [5.74, 6) is 1.16. The van der Waals surface area contributed by atoms with Crippen LogP contribution in [0.25, 0.3) is 0 Å². The molecule has 0 aromatic heterocycles. The number of carbonyl (C=O) groups excluding carboxylic acids is 2. The molecule has 2 aliphatic heterocycles. The van der Waals surface area contributed by atoms with Crippen molar-refractivity contribution >= 4 is 17.5 Å². The third kappa shape index (κ3) is 4.99. The highest BCUT2D eigenvalue weighted by molar-refractivity contribution is 5.95. The van der Waals surface area contributed by atoms with Gasteiger partial charge in [0.2, 0.25) is 11.8 Å². The van der Waals surface area contributed by atoms with E-state index in [0.717, 1.165) is 53.3 Å². The van der Waals surface area contributed by atoms with E-state index < -0.39 is 0 Å². The summed E-state index contributed by atoms with van der Waals surface area (Å²) < 4.78 is 11.3. The van der Waals surface area contributed by atoms with Crippen LogP contribution in [0.15, 0.2) is 36.4 Å². The number of nitrogens with one attached hydrogen (secondary N) is 2. The zero-order chi connectivity index (χ0) is 21.8. The van der Waals surface area contributed by atoms with Crippen LogP contribution in [0.2, 0.25) is 0 Å². The number of amides is 2. The molecule has 2 heterocycles. The first-order valence-electron chi connectivity index (χ1n) is 10.8. The highest BCUT2D eigenvalue weighted by Gasteiger charge is 2.28. The topological polar surface area (TPSA) is 79.9 Å². The van der Waals surface area contributed by atoms with Crippen LogP contribution in [0.5, 0.6) is 11.5 Å². The van der Waals surface area contributed by atoms with E-state index in [1.54, 1.807) is 0 Å². The van der Waals surface area contributed by atoms with Gasteiger partial charge in [-0.25, -0.2) is 0 Å². The fourth-order valence-corrected chi connectivity index (χ4v) is 4.16. The van der Waals surface area contributed by atoms with Crippen LogP contribution in [0.1, 0.15) is 35.6 Å². The van der Waals surface area contributed by atoms with E-state index in [-0.39, 0.29) is 30.9 Å². The lowest BCUT2D eigenvalue weighted by atomic mass is 10.0. The Hall–Kier alpha value is -3.06. The molecule has 4 rings (SSSR count). The Morgan fingerprint density at radius 2 is 1.87 bits per heavy atom. The molecule has 0 bridgehead atoms. The summed E-state index contributed by atoms with van der Waals surface area (Å²) in [4.78, 5) is 26.9. The Balaban J connectivity index is 1.30. The summed E-state index contributed by atoms with van der Waals surface area (Å²) in [5.41, 5.74) is 4.04. The maximum Gasteiger partial charge on any atom is 0.243 e. The zero-order valence-corrected chi connectivity index (χ0v) is 18.1. The van der Waals surface area contributed by atoms with Crippen LogP contribution in [0.3, 0.4) is 0 Å². The number of nitrogens with zero attached hydrogens (tertiary/aromatic N) is 1. The smallest absolute Gasteiger partial charge is 0.243 e. The van der Waals surface area contributed by atoms with E-state index in [2.05, 4.69) is 15.5 Å². The Morgan fingerprint density at radius 1 is 1.06 bits per heavy atom. The molecule has 0 spiro atoms. The standard InChI is InChI=1S/C24H29N3O4/c1-16-5-3-6-19(17(16)2)26-23(28)14-25-24(29)15-27-10-4-7-20(27)18-8-9-21-22(13-18)31-12-11-30-21/h3,5-6,8-9,13,20H,4,7,10-12,14-15H2,1-2H3,(H,25,29)(H,26,28)/t20-/m1/s1. The largest absolute Gasteiger partial charge is 0.486 e. The van der Waals surface area contributed by atoms with Gasteiger partial charge in [0, 0.05) is 11.7 Å². The molecule has 1 fully saturated rings. The minimum absolute atomic E-state index is 0.0469. The average Bonchev–Trinajstić information content (AvgIpc) is 3.23. The lowest BCUT2D eigenvalue weighted by molar-refractivity contribution is -0.125. The predicted octanol–water partition coefficient (Wildman–Crippen LogP) is 2.97. The molecule has 164 valence electrons. The van der Waals surface area contributed by atoms with E-state index in [0.29, 0.717) is 13.2 Å². The Labute approximate surface area is 182 Å². The van der Waals surface area contributed by atoms with Gasteiger partial charge >= 0.3 is 0 Å². The van der Waals surface area contributed by atoms with E-state index in [9.17, 15) is 9.59 Å². The second-order valence-corrected chi connectivity index (χ2v) is 8.10. The Kier molecular flexibility index (Phi) is 6.42. The van der Waals surface area contributed by atoms with Gasteiger partial charge in [0.25, 0.3) is 0 Å². The molecular formula is C24H29N3O4. The molecule has 1 atom stereocenters. The number of ether oxygens (including phenoxy) is 2. The van der Waals surface area contributed by atoms with Crippen LogP contribution in [0, 0.1) is 13.8 Å². The number of carbonyl (C=O) groups is 2. The second-order valence-electron chi connectivity index (χ2n) is 8.10. The minimum atomic E-state index is -0.230. The predicted molar refractivity (Wildman–Crippen MR) is 119 cm³/mol. The van der Waals surface area contributed by atoms with Crippen molar-refractivity contribution in [3.8, 4) is 11.5 Å². The first-order chi connectivity index (χ1) is 15.0. The zero-order valence-electron chi connectivity index (χ0n) is 18.1. The Bertz CT molecular complexity index is 975. The van der Waals surface area contributed by atoms with Crippen molar-refractivity contribution in [3.05, 3.63) is 53.1 Å². The van der Waals surface area contributed by atoms with E-state index in [1.165, 1.54) is 0 Å². The van der Waals surface area contributed by atoms with Crippen LogP contribution in [-0.2, 0) is 9.59 Å². The van der Waals surface area contributed by atoms with Gasteiger partial charge in [0.05, 0.1) is 13.1 Å². The van der Waals surface area contributed by atoms with Crippen LogP contribution in [-0.4, -0.2) is 49.6 Å². The molecule has 2 aromatic carbocycles. The molecule has 2 amide bonds. The summed E-state index contributed by atoms with van der Waals surface area (Å²) in [7, 11) is 0. The van der Waals surface area contributed by atoms with Gasteiger partial charge in [0.15, 0.2) is 11.5 Å². The average molecular weight is 424 g/mol. The van der Waals surface area contributed by atoms with Gasteiger partial charge in [-0.2, -0.15) is 0 Å². The monoisotopic (exact) mass is 423 g/mol. The molecule has 0 unspecified atom stereocenters. The maximum atomic E-state index is 12.5. The van der Waals surface area contributed by atoms with Gasteiger partial charge in [-0.1, -0.05) is 18.2 Å². The number of fused-ring (bicyclic) bond motifs is 1. The van der Waals surface area contributed by atoms with Crippen molar-refractivity contribution in [2.24, 2.45) is 0 Å². The molecule has 2 N–H and O–H groups in total. The number of aryl methyl sites for hydroxylation is 1. The second kappa shape index (κ2) is 9.39. The van der Waals surface area contributed by atoms with Crippen LogP contribution >= 0.6 is 0 Å². The number of benzene rings is 2. The number of likely N-dealkylation sites (tertiary alicyclic amines) is 1. The van der Waals surface area contributed by atoms with E-state index in [1.807, 2.05) is 50.2 Å². The van der Waals surface area contributed by atoms with Crippen LogP contribution in [0.4, 0.5) is 5.69 Å². The molecule has 1 saturated heterocycles. The summed E-state index contributed by atoms with van der Waals surface area (Å²) in [6.07, 6.45) is 2.01. The van der Waals surface area contributed by atoms with Gasteiger partial charge in [0.1, 0.15) is 13.2 Å². The minimum Gasteiger partial charge on any atom is -0.486 e. The SMILES string of the molecule is Cc1cccc(NC(=O)CNC(=O)CN2CCC[C@@H]2c2ccc3c(c2)OCCO3)c1C. The van der Waals surface area contributed by atoms with Gasteiger partial charge in [-0.15, -0.1) is 0 Å². The fourth-order valence-electron chi connectivity index (χ4n) is 4.16. The first-order valence-corrected chi connectivity index (χ1v) is 10.8. The first kappa shape index (κ1) is 21.2. The van der Waals surface area contributed by atoms with Crippen LogP contribution < -0.4 is 20.1 Å². The lowest BCUT2D eigenvalue weighted by Gasteiger charge is -2.26. The number of anilines is 1. The van der Waals surface area contributed by atoms with Gasteiger partial charge < -0.3 is 20.1 Å². The number of hydrogen-bond acceptors (Lipinski definition) is 5. The summed E-state index contributed by atoms with van der Waals surface area (Å²) >= 11 is 0. The lowest BCUT2D eigenvalue weighted by Crippen LogP contribution is -2.40. The molecule has 0 saturated carbocycles. The molecule has 0 aliphatic carbocycles. The van der Waals surface area contributed by atoms with Crippen molar-refractivity contribution in [3.63, 3.8) is 0 Å². The van der Waals surface area contributed by atoms with Gasteiger partial charge in [-0.3, -0.25) is 14.5 Å². The molecule has 7 heteroatoms. The molecular weight excluding hydrogens is 394 g/mol. The third-order valence-electron chi connectivity index (χ3n) is 5.99. The molecule has 31 heavy (non-hydrogen) atoms. The van der Waals surface area contributed by atoms with Crippen molar-refractivity contribution < 1.29 is 19.1 Å². The summed E-state index contributed by atoms with van der Waals surface area (Å²) in [6.45, 7) is 6.15. The normalized spacial score (nSPS) is 17.9. The van der Waals surface area contributed by atoms with E-state index >= 15 is 0 Å². The van der Waals surface area contributed by atoms with Crippen molar-refractivity contribution in [2.45, 2.75) is 32.7 Å². The summed E-state index contributed by atoms with van der Waals surface area (Å²) in [6, 6.07) is 11.9. The summed E-state index contributed by atoms with van der Waals surface area (Å²) in [5, 5.41) is 5.62. The molecule has 7 nitrogen and oxygen atoms in total. The van der Waals surface area contributed by atoms with E-state index in [4.69, 9.17) is 9.47 Å². The number of hydrogen-bond donors (Lipinski definition) is 2. The van der Waals surface area contributed by atoms with Crippen molar-refractivity contribution in [1.29, 1.82) is 0 Å². The van der Waals surface area contributed by atoms with Crippen molar-refractivity contribution in [2.75, 3.05) is 38.2 Å². The fraction of sp³-hybridized carbons (Fsp3) is 0.417. The molecule has 2 aromatic rings. The molecule has 2 aliphatic rings. The number of rotatable bonds is 6. The molecule has 0 radical (unpaired) electrons. The maximum absolute atomic E-state index is 12.5.